The van der Waals surface area contributed by atoms with Crippen molar-refractivity contribution in [2.75, 3.05) is 0 Å². The van der Waals surface area contributed by atoms with Crippen LogP contribution in [0.4, 0.5) is 0 Å². The minimum absolute atomic E-state index is 0.0161. The van der Waals surface area contributed by atoms with E-state index in [-0.39, 0.29) is 11.9 Å². The van der Waals surface area contributed by atoms with E-state index in [4.69, 9.17) is 4.74 Å². The van der Waals surface area contributed by atoms with Gasteiger partial charge in [0.05, 0.1) is 0 Å². The van der Waals surface area contributed by atoms with Crippen LogP contribution in [0.3, 0.4) is 0 Å². The van der Waals surface area contributed by atoms with Gasteiger partial charge in [-0.05, 0) is 35.8 Å². The number of rotatable bonds is 2. The number of hydrogen-bond donors (Lipinski definition) is 0. The molecule has 0 spiro atoms. The van der Waals surface area contributed by atoms with E-state index >= 15 is 0 Å². The molecule has 2 aromatic rings. The van der Waals surface area contributed by atoms with Crippen LogP contribution < -0.4 is 4.74 Å². The third-order valence-electron chi connectivity index (χ3n) is 4.13. The molecule has 0 radical (unpaired) electrons. The Morgan fingerprint density at radius 3 is 2.52 bits per heavy atom. The molecule has 2 aromatic carbocycles. The highest BCUT2D eigenvalue weighted by Crippen LogP contribution is 2.44. The minimum Gasteiger partial charge on any atom is -0.478 e. The van der Waals surface area contributed by atoms with Crippen molar-refractivity contribution < 1.29 is 9.53 Å². The first-order valence-electron chi connectivity index (χ1n) is 7.07. The lowest BCUT2D eigenvalue weighted by Gasteiger charge is -2.47. The fraction of sp³-hybridized carbons (Fsp3) is 0.167. The molecule has 0 saturated carbocycles. The molecule has 2 heterocycles. The summed E-state index contributed by atoms with van der Waals surface area (Å²) in [5.74, 6) is 0.761. The fourth-order valence-corrected chi connectivity index (χ4v) is 3.09. The van der Waals surface area contributed by atoms with Crippen LogP contribution in [-0.2, 0) is 4.79 Å². The van der Waals surface area contributed by atoms with Crippen molar-refractivity contribution >= 4 is 11.5 Å². The molecule has 0 aromatic heterocycles. The average molecular weight is 277 g/mol. The predicted molar refractivity (Wildman–Crippen MR) is 80.5 cm³/mol. The van der Waals surface area contributed by atoms with E-state index in [1.165, 1.54) is 5.56 Å². The van der Waals surface area contributed by atoms with Crippen LogP contribution in [-0.4, -0.2) is 16.9 Å². The van der Waals surface area contributed by atoms with Gasteiger partial charge in [-0.2, -0.15) is 0 Å². The molecule has 2 aliphatic heterocycles. The van der Waals surface area contributed by atoms with Crippen molar-refractivity contribution in [1.82, 2.24) is 4.90 Å². The molecule has 1 fully saturated rings. The maximum atomic E-state index is 12.3. The summed E-state index contributed by atoms with van der Waals surface area (Å²) in [4.78, 5) is 14.1. The van der Waals surface area contributed by atoms with Crippen LogP contribution in [0.15, 0.2) is 60.8 Å². The van der Waals surface area contributed by atoms with Gasteiger partial charge in [-0.3, -0.25) is 4.79 Å². The van der Waals surface area contributed by atoms with Gasteiger partial charge in [0.15, 0.2) is 0 Å². The molecule has 0 aliphatic carbocycles. The number of fused-ring (bicyclic) bond motifs is 3. The summed E-state index contributed by atoms with van der Waals surface area (Å²) < 4.78 is 5.90. The van der Waals surface area contributed by atoms with Gasteiger partial charge in [-0.25, -0.2) is 0 Å². The van der Waals surface area contributed by atoms with Crippen molar-refractivity contribution in [2.45, 2.75) is 19.1 Å². The second-order valence-electron chi connectivity index (χ2n) is 5.44. The van der Waals surface area contributed by atoms with Crippen LogP contribution in [0, 0.1) is 0 Å². The molecule has 2 atom stereocenters. The molecule has 1 saturated heterocycles. The molecule has 21 heavy (non-hydrogen) atoms. The van der Waals surface area contributed by atoms with E-state index in [2.05, 4.69) is 12.1 Å². The van der Waals surface area contributed by atoms with Crippen LogP contribution in [0.25, 0.3) is 5.57 Å². The molecule has 3 nitrogen and oxygen atoms in total. The maximum Gasteiger partial charge on any atom is 0.270 e. The predicted octanol–water partition coefficient (Wildman–Crippen LogP) is 3.39. The molecule has 1 amide bonds. The number of nitrogens with zero attached hydrogens (tertiary/aromatic N) is 1. The highest BCUT2D eigenvalue weighted by Gasteiger charge is 2.51. The smallest absolute Gasteiger partial charge is 0.270 e. The second kappa shape index (κ2) is 4.48. The molecule has 104 valence electrons. The number of para-hydroxylation sites is 1. The zero-order chi connectivity index (χ0) is 14.4. The largest absolute Gasteiger partial charge is 0.478 e. The van der Waals surface area contributed by atoms with Crippen LogP contribution in [0.1, 0.15) is 24.1 Å². The monoisotopic (exact) mass is 277 g/mol. The SMILES string of the molecule is CC1=CN2C(=O)C(Oc3ccccc3)C2c2ccccc21. The quantitative estimate of drug-likeness (QED) is 0.787. The Kier molecular flexibility index (Phi) is 2.61. The van der Waals surface area contributed by atoms with Crippen molar-refractivity contribution in [3.8, 4) is 5.75 Å². The van der Waals surface area contributed by atoms with Crippen molar-refractivity contribution in [2.24, 2.45) is 0 Å². The summed E-state index contributed by atoms with van der Waals surface area (Å²) in [5, 5.41) is 0. The molecular weight excluding hydrogens is 262 g/mol. The number of carbonyl (C=O) groups excluding carboxylic acids is 1. The highest BCUT2D eigenvalue weighted by atomic mass is 16.5. The summed E-state index contributed by atoms with van der Waals surface area (Å²) in [5.41, 5.74) is 3.49. The van der Waals surface area contributed by atoms with Crippen molar-refractivity contribution in [3.63, 3.8) is 0 Å². The topological polar surface area (TPSA) is 29.5 Å². The lowest BCUT2D eigenvalue weighted by atomic mass is 9.83. The lowest BCUT2D eigenvalue weighted by Crippen LogP contribution is -2.59. The summed E-state index contributed by atoms with van der Waals surface area (Å²) in [7, 11) is 0. The molecule has 2 aliphatic rings. The number of amides is 1. The Morgan fingerprint density at radius 2 is 1.71 bits per heavy atom. The van der Waals surface area contributed by atoms with Crippen LogP contribution in [0.5, 0.6) is 5.75 Å². The number of benzene rings is 2. The number of hydrogen-bond acceptors (Lipinski definition) is 2. The van der Waals surface area contributed by atoms with Gasteiger partial charge in [0.2, 0.25) is 6.10 Å². The Labute approximate surface area is 123 Å². The van der Waals surface area contributed by atoms with Gasteiger partial charge in [-0.1, -0.05) is 42.5 Å². The number of allylic oxidation sites excluding steroid dienone is 1. The molecule has 0 bridgehead atoms. The summed E-state index contributed by atoms with van der Waals surface area (Å²) in [6.07, 6.45) is 1.50. The van der Waals surface area contributed by atoms with E-state index in [1.807, 2.05) is 55.6 Å². The number of β-lactam (4-membered cyclic amide) rings is 1. The van der Waals surface area contributed by atoms with Crippen LogP contribution >= 0.6 is 0 Å². The van der Waals surface area contributed by atoms with E-state index in [9.17, 15) is 4.79 Å². The van der Waals surface area contributed by atoms with Gasteiger partial charge in [0.25, 0.3) is 5.91 Å². The van der Waals surface area contributed by atoms with Gasteiger partial charge >= 0.3 is 0 Å². The van der Waals surface area contributed by atoms with E-state index in [0.29, 0.717) is 0 Å². The molecule has 3 heteroatoms. The minimum atomic E-state index is -0.433. The second-order valence-corrected chi connectivity index (χ2v) is 5.44. The first-order valence-corrected chi connectivity index (χ1v) is 7.07. The zero-order valence-corrected chi connectivity index (χ0v) is 11.7. The first kappa shape index (κ1) is 12.2. The normalized spacial score (nSPS) is 22.8. The van der Waals surface area contributed by atoms with Crippen molar-refractivity contribution in [1.29, 1.82) is 0 Å². The number of carbonyl (C=O) groups is 1. The van der Waals surface area contributed by atoms with E-state index in [0.717, 1.165) is 16.9 Å². The molecule has 2 unspecified atom stereocenters. The summed E-state index contributed by atoms with van der Waals surface area (Å²) in [6.45, 7) is 2.04. The third-order valence-corrected chi connectivity index (χ3v) is 4.13. The van der Waals surface area contributed by atoms with Gasteiger partial charge in [-0.15, -0.1) is 0 Å². The first-order chi connectivity index (χ1) is 10.3. The molecule has 0 N–H and O–H groups in total. The van der Waals surface area contributed by atoms with Crippen LogP contribution in [0.2, 0.25) is 0 Å². The molecular formula is C18H15NO2. The fourth-order valence-electron chi connectivity index (χ4n) is 3.09. The standard InChI is InChI=1S/C18H15NO2/c1-12-11-19-16(15-10-6-5-9-14(12)15)17(18(19)20)21-13-7-3-2-4-8-13/h2-11,16-17H,1H3. The maximum absolute atomic E-state index is 12.3. The van der Waals surface area contributed by atoms with E-state index < -0.39 is 6.10 Å². The summed E-state index contributed by atoms with van der Waals surface area (Å²) in [6, 6.07) is 17.7. The lowest BCUT2D eigenvalue weighted by molar-refractivity contribution is -0.158. The van der Waals surface area contributed by atoms with Gasteiger partial charge in [0.1, 0.15) is 11.8 Å². The average Bonchev–Trinajstić information content (AvgIpc) is 2.54. The van der Waals surface area contributed by atoms with E-state index in [1.54, 1.807) is 4.90 Å². The highest BCUT2D eigenvalue weighted by molar-refractivity contribution is 5.93. The Morgan fingerprint density at radius 1 is 1.00 bits per heavy atom. The molecule has 4 rings (SSSR count). The zero-order valence-electron chi connectivity index (χ0n) is 11.7. The Hall–Kier alpha value is -2.55. The Balaban J connectivity index is 1.70. The Bertz CT molecular complexity index is 736. The summed E-state index contributed by atoms with van der Waals surface area (Å²) >= 11 is 0. The van der Waals surface area contributed by atoms with Gasteiger partial charge < -0.3 is 9.64 Å². The van der Waals surface area contributed by atoms with Gasteiger partial charge in [0, 0.05) is 6.20 Å². The van der Waals surface area contributed by atoms with Crippen molar-refractivity contribution in [3.05, 3.63) is 71.9 Å². The third kappa shape index (κ3) is 1.77. The number of ether oxygens (including phenoxy) is 1.